The summed E-state index contributed by atoms with van der Waals surface area (Å²) in [6.45, 7) is 2.25. The summed E-state index contributed by atoms with van der Waals surface area (Å²) in [7, 11) is 0. The van der Waals surface area contributed by atoms with Gasteiger partial charge < -0.3 is 14.5 Å². The Hall–Kier alpha value is -1.94. The molecule has 0 spiro atoms. The molecule has 0 aliphatic rings. The van der Waals surface area contributed by atoms with Gasteiger partial charge >= 0.3 is 0 Å². The quantitative estimate of drug-likeness (QED) is 0.888. The van der Waals surface area contributed by atoms with E-state index in [2.05, 4.69) is 5.32 Å². The van der Waals surface area contributed by atoms with Crippen molar-refractivity contribution in [1.82, 2.24) is 5.32 Å². The third-order valence-corrected chi connectivity index (χ3v) is 3.02. The van der Waals surface area contributed by atoms with E-state index in [0.717, 1.165) is 0 Å². The van der Waals surface area contributed by atoms with Crippen molar-refractivity contribution in [2.45, 2.75) is 26.0 Å². The first-order valence-corrected chi connectivity index (χ1v) is 6.79. The van der Waals surface area contributed by atoms with E-state index < -0.39 is 6.10 Å². The number of ether oxygens (including phenoxy) is 1. The van der Waals surface area contributed by atoms with Gasteiger partial charge in [-0.1, -0.05) is 18.5 Å². The van der Waals surface area contributed by atoms with E-state index >= 15 is 0 Å². The highest BCUT2D eigenvalue weighted by Gasteiger charge is 2.18. The van der Waals surface area contributed by atoms with Crippen molar-refractivity contribution in [1.29, 1.82) is 0 Å². The Kier molecular flexibility index (Phi) is 5.07. The number of carbonyl (C=O) groups excluding carboxylic acids is 1. The maximum atomic E-state index is 12.0. The number of carbonyl (C=O) groups is 1. The molecule has 0 unspecified atom stereocenters. The van der Waals surface area contributed by atoms with Crippen LogP contribution in [-0.4, -0.2) is 12.0 Å². The maximum absolute atomic E-state index is 12.0. The van der Waals surface area contributed by atoms with Crippen LogP contribution in [0, 0.1) is 0 Å². The van der Waals surface area contributed by atoms with Crippen LogP contribution in [0.5, 0.6) is 5.75 Å². The second kappa shape index (κ2) is 7.01. The van der Waals surface area contributed by atoms with Gasteiger partial charge in [-0.2, -0.15) is 0 Å². The summed E-state index contributed by atoms with van der Waals surface area (Å²) in [5.41, 5.74) is 0. The van der Waals surface area contributed by atoms with E-state index in [1.54, 1.807) is 42.7 Å². The Morgan fingerprint density at radius 1 is 1.35 bits per heavy atom. The van der Waals surface area contributed by atoms with Crippen molar-refractivity contribution in [2.24, 2.45) is 0 Å². The number of halogens is 1. The fourth-order valence-electron chi connectivity index (χ4n) is 1.70. The van der Waals surface area contributed by atoms with Crippen molar-refractivity contribution in [2.75, 3.05) is 0 Å². The Morgan fingerprint density at radius 3 is 2.70 bits per heavy atom. The zero-order valence-electron chi connectivity index (χ0n) is 11.1. The van der Waals surface area contributed by atoms with Crippen molar-refractivity contribution >= 4 is 17.5 Å². The zero-order chi connectivity index (χ0) is 14.4. The summed E-state index contributed by atoms with van der Waals surface area (Å²) in [4.78, 5) is 12.0. The predicted octanol–water partition coefficient (Wildman–Crippen LogP) is 3.41. The molecule has 0 bridgehead atoms. The SMILES string of the molecule is CC[C@H](Oc1ccc(Cl)cc1)C(=O)NCc1ccco1. The van der Waals surface area contributed by atoms with Crippen LogP contribution in [0.15, 0.2) is 47.1 Å². The number of hydrogen-bond acceptors (Lipinski definition) is 3. The molecule has 20 heavy (non-hydrogen) atoms. The number of hydrogen-bond donors (Lipinski definition) is 1. The average Bonchev–Trinajstić information content (AvgIpc) is 2.97. The van der Waals surface area contributed by atoms with Crippen molar-refractivity contribution in [3.63, 3.8) is 0 Å². The van der Waals surface area contributed by atoms with Crippen LogP contribution in [0.2, 0.25) is 5.02 Å². The third kappa shape index (κ3) is 4.03. The van der Waals surface area contributed by atoms with Gasteiger partial charge in [0.15, 0.2) is 6.10 Å². The maximum Gasteiger partial charge on any atom is 0.261 e. The van der Waals surface area contributed by atoms with Crippen LogP contribution < -0.4 is 10.1 Å². The van der Waals surface area contributed by atoms with E-state index in [4.69, 9.17) is 20.8 Å². The molecule has 2 aromatic rings. The summed E-state index contributed by atoms with van der Waals surface area (Å²) < 4.78 is 10.8. The third-order valence-electron chi connectivity index (χ3n) is 2.77. The molecule has 0 aliphatic carbocycles. The Morgan fingerprint density at radius 2 is 2.10 bits per heavy atom. The lowest BCUT2D eigenvalue weighted by atomic mass is 10.2. The second-order valence-electron chi connectivity index (χ2n) is 4.27. The summed E-state index contributed by atoms with van der Waals surface area (Å²) >= 11 is 5.81. The summed E-state index contributed by atoms with van der Waals surface area (Å²) in [6.07, 6.45) is 1.61. The summed E-state index contributed by atoms with van der Waals surface area (Å²) in [5, 5.41) is 3.42. The van der Waals surface area contributed by atoms with Gasteiger partial charge in [0.05, 0.1) is 12.8 Å². The fourth-order valence-corrected chi connectivity index (χ4v) is 1.83. The molecule has 1 aromatic carbocycles. The largest absolute Gasteiger partial charge is 0.481 e. The topological polar surface area (TPSA) is 51.5 Å². The van der Waals surface area contributed by atoms with E-state index in [0.29, 0.717) is 29.5 Å². The lowest BCUT2D eigenvalue weighted by Crippen LogP contribution is -2.37. The number of rotatable bonds is 6. The lowest BCUT2D eigenvalue weighted by molar-refractivity contribution is -0.128. The van der Waals surface area contributed by atoms with Gasteiger partial charge in [0, 0.05) is 5.02 Å². The molecule has 2 rings (SSSR count). The molecule has 5 heteroatoms. The zero-order valence-corrected chi connectivity index (χ0v) is 11.9. The van der Waals surface area contributed by atoms with Gasteiger partial charge in [-0.3, -0.25) is 4.79 Å². The Balaban J connectivity index is 1.90. The molecule has 0 aliphatic heterocycles. The fraction of sp³-hybridized carbons (Fsp3) is 0.267. The molecule has 1 aromatic heterocycles. The Bertz CT molecular complexity index is 537. The minimum Gasteiger partial charge on any atom is -0.481 e. The molecule has 0 saturated heterocycles. The van der Waals surface area contributed by atoms with E-state index in [1.165, 1.54) is 0 Å². The first kappa shape index (κ1) is 14.5. The van der Waals surface area contributed by atoms with Gasteiger partial charge in [-0.05, 0) is 42.8 Å². The first-order valence-electron chi connectivity index (χ1n) is 6.41. The molecule has 1 atom stereocenters. The van der Waals surface area contributed by atoms with Gasteiger partial charge in [0.2, 0.25) is 0 Å². The molecule has 4 nitrogen and oxygen atoms in total. The molecular formula is C15H16ClNO3. The monoisotopic (exact) mass is 293 g/mol. The van der Waals surface area contributed by atoms with E-state index in [-0.39, 0.29) is 5.91 Å². The van der Waals surface area contributed by atoms with Gasteiger partial charge in [0.1, 0.15) is 11.5 Å². The van der Waals surface area contributed by atoms with Crippen LogP contribution in [0.4, 0.5) is 0 Å². The normalized spacial score (nSPS) is 11.9. The molecular weight excluding hydrogens is 278 g/mol. The molecule has 0 saturated carbocycles. The highest BCUT2D eigenvalue weighted by Crippen LogP contribution is 2.17. The molecule has 0 fully saturated rings. The van der Waals surface area contributed by atoms with Crippen molar-refractivity contribution < 1.29 is 13.9 Å². The smallest absolute Gasteiger partial charge is 0.261 e. The van der Waals surface area contributed by atoms with Gasteiger partial charge in [-0.25, -0.2) is 0 Å². The molecule has 1 heterocycles. The minimum atomic E-state index is -0.536. The number of benzene rings is 1. The number of amides is 1. The highest BCUT2D eigenvalue weighted by molar-refractivity contribution is 6.30. The minimum absolute atomic E-state index is 0.168. The molecule has 1 N–H and O–H groups in total. The molecule has 1 amide bonds. The van der Waals surface area contributed by atoms with E-state index in [1.807, 2.05) is 6.92 Å². The van der Waals surface area contributed by atoms with Crippen LogP contribution in [0.3, 0.4) is 0 Å². The van der Waals surface area contributed by atoms with Gasteiger partial charge in [-0.15, -0.1) is 0 Å². The predicted molar refractivity (Wildman–Crippen MR) is 76.7 cm³/mol. The second-order valence-corrected chi connectivity index (χ2v) is 4.70. The van der Waals surface area contributed by atoms with Gasteiger partial charge in [0.25, 0.3) is 5.91 Å². The summed E-state index contributed by atoms with van der Waals surface area (Å²) in [6, 6.07) is 10.5. The van der Waals surface area contributed by atoms with E-state index in [9.17, 15) is 4.79 Å². The van der Waals surface area contributed by atoms with Crippen LogP contribution >= 0.6 is 11.6 Å². The first-order chi connectivity index (χ1) is 9.69. The molecule has 0 radical (unpaired) electrons. The average molecular weight is 294 g/mol. The molecule has 106 valence electrons. The number of nitrogens with one attached hydrogen (secondary N) is 1. The van der Waals surface area contributed by atoms with Crippen LogP contribution in [0.1, 0.15) is 19.1 Å². The highest BCUT2D eigenvalue weighted by atomic mass is 35.5. The standard InChI is InChI=1S/C15H16ClNO3/c1-2-14(20-12-7-5-11(16)6-8-12)15(18)17-10-13-4-3-9-19-13/h3-9,14H,2,10H2,1H3,(H,17,18)/t14-/m0/s1. The lowest BCUT2D eigenvalue weighted by Gasteiger charge is -2.17. The van der Waals surface area contributed by atoms with Crippen LogP contribution in [-0.2, 0) is 11.3 Å². The van der Waals surface area contributed by atoms with Crippen molar-refractivity contribution in [3.05, 3.63) is 53.4 Å². The van der Waals surface area contributed by atoms with Crippen molar-refractivity contribution in [3.8, 4) is 5.75 Å². The van der Waals surface area contributed by atoms with Crippen LogP contribution in [0.25, 0.3) is 0 Å². The Labute approximate surface area is 122 Å². The summed E-state index contributed by atoms with van der Waals surface area (Å²) in [5.74, 6) is 1.16. The number of furan rings is 1.